The van der Waals surface area contributed by atoms with Gasteiger partial charge in [-0.15, -0.1) is 6.42 Å². The molecule has 0 atom stereocenters. The summed E-state index contributed by atoms with van der Waals surface area (Å²) in [5, 5.41) is 8.60. The second-order valence-corrected chi connectivity index (χ2v) is 3.48. The van der Waals surface area contributed by atoms with Gasteiger partial charge in [0.25, 0.3) is 0 Å². The number of nitrogens with zero attached hydrogens (tertiary/aromatic N) is 1. The first kappa shape index (κ1) is 14.3. The number of ether oxygens (including phenoxy) is 2. The summed E-state index contributed by atoms with van der Waals surface area (Å²) in [7, 11) is 0. The maximum Gasteiger partial charge on any atom is 0.311 e. The van der Waals surface area contributed by atoms with Crippen LogP contribution in [0.5, 0.6) is 5.75 Å². The average Bonchev–Trinajstić information content (AvgIpc) is 2.43. The number of carbonyl (C=O) groups is 2. The first-order chi connectivity index (χ1) is 9.15. The zero-order valence-electron chi connectivity index (χ0n) is 10.1. The molecule has 0 amide bonds. The molecule has 0 bridgehead atoms. The van der Waals surface area contributed by atoms with Crippen molar-refractivity contribution in [3.05, 3.63) is 29.8 Å². The summed E-state index contributed by atoms with van der Waals surface area (Å²) >= 11 is 0. The van der Waals surface area contributed by atoms with Gasteiger partial charge in [-0.3, -0.25) is 9.59 Å². The molecule has 0 aliphatic heterocycles. The predicted molar refractivity (Wildman–Crippen MR) is 65.8 cm³/mol. The third-order valence-corrected chi connectivity index (χ3v) is 2.06. The summed E-state index contributed by atoms with van der Waals surface area (Å²) < 4.78 is 9.58. The minimum absolute atomic E-state index is 0.0865. The van der Waals surface area contributed by atoms with Crippen molar-refractivity contribution >= 4 is 11.9 Å². The topological polar surface area (TPSA) is 76.4 Å². The van der Waals surface area contributed by atoms with Gasteiger partial charge in [0.05, 0.1) is 24.5 Å². The molecular weight excluding hydrogens is 246 g/mol. The molecule has 0 unspecified atom stereocenters. The fourth-order valence-corrected chi connectivity index (χ4v) is 1.18. The molecule has 0 heterocycles. The van der Waals surface area contributed by atoms with Crippen LogP contribution in [0.3, 0.4) is 0 Å². The van der Waals surface area contributed by atoms with E-state index in [0.29, 0.717) is 11.3 Å². The number of hydrogen-bond donors (Lipinski definition) is 0. The van der Waals surface area contributed by atoms with E-state index >= 15 is 0 Å². The van der Waals surface area contributed by atoms with Crippen LogP contribution in [-0.2, 0) is 14.3 Å². The molecule has 1 aromatic rings. The first-order valence-electron chi connectivity index (χ1n) is 5.45. The molecule has 0 spiro atoms. The third-order valence-electron chi connectivity index (χ3n) is 2.06. The normalized spacial score (nSPS) is 8.95. The standard InChI is InChI=1S/C14H11NO4/c1-2-9-18-13(16)7-8-14(17)19-12-5-3-11(10-15)4-6-12/h1,3-6H,7-9H2. The molecule has 1 rings (SSSR count). The van der Waals surface area contributed by atoms with Crippen molar-refractivity contribution < 1.29 is 19.1 Å². The molecule has 5 heteroatoms. The van der Waals surface area contributed by atoms with Gasteiger partial charge in [-0.25, -0.2) is 0 Å². The highest BCUT2D eigenvalue weighted by atomic mass is 16.5. The number of nitriles is 1. The second-order valence-electron chi connectivity index (χ2n) is 3.48. The zero-order chi connectivity index (χ0) is 14.1. The van der Waals surface area contributed by atoms with E-state index in [1.165, 1.54) is 24.3 Å². The number of terminal acetylenes is 1. The summed E-state index contributed by atoms with van der Waals surface area (Å²) in [5.74, 6) is 1.37. The molecule has 0 saturated heterocycles. The second kappa shape index (κ2) is 7.52. The monoisotopic (exact) mass is 257 g/mol. The highest BCUT2D eigenvalue weighted by Gasteiger charge is 2.09. The average molecular weight is 257 g/mol. The van der Waals surface area contributed by atoms with Gasteiger partial charge in [-0.1, -0.05) is 5.92 Å². The summed E-state index contributed by atoms with van der Waals surface area (Å²) in [4.78, 5) is 22.5. The molecule has 96 valence electrons. The first-order valence-corrected chi connectivity index (χ1v) is 5.45. The Morgan fingerprint density at radius 3 is 2.37 bits per heavy atom. The van der Waals surface area contributed by atoms with Gasteiger partial charge in [-0.05, 0) is 24.3 Å². The SMILES string of the molecule is C#CCOC(=O)CCC(=O)Oc1ccc(C#N)cc1. The van der Waals surface area contributed by atoms with Crippen LogP contribution >= 0.6 is 0 Å². The summed E-state index contributed by atoms with van der Waals surface area (Å²) in [6.07, 6.45) is 4.74. The van der Waals surface area contributed by atoms with Crippen molar-refractivity contribution in [1.82, 2.24) is 0 Å². The zero-order valence-corrected chi connectivity index (χ0v) is 10.1. The van der Waals surface area contributed by atoms with Crippen LogP contribution in [0.25, 0.3) is 0 Å². The fourth-order valence-electron chi connectivity index (χ4n) is 1.18. The lowest BCUT2D eigenvalue weighted by molar-refractivity contribution is -0.145. The van der Waals surface area contributed by atoms with Crippen LogP contribution in [0, 0.1) is 23.7 Å². The van der Waals surface area contributed by atoms with Crippen molar-refractivity contribution in [2.24, 2.45) is 0 Å². The van der Waals surface area contributed by atoms with Crippen LogP contribution in [0.4, 0.5) is 0 Å². The minimum Gasteiger partial charge on any atom is -0.452 e. The van der Waals surface area contributed by atoms with Crippen molar-refractivity contribution in [2.45, 2.75) is 12.8 Å². The number of esters is 2. The smallest absolute Gasteiger partial charge is 0.311 e. The summed E-state index contributed by atoms with van der Waals surface area (Å²) in [6.45, 7) is -0.108. The van der Waals surface area contributed by atoms with Crippen molar-refractivity contribution in [2.75, 3.05) is 6.61 Å². The van der Waals surface area contributed by atoms with Gasteiger partial charge >= 0.3 is 11.9 Å². The quantitative estimate of drug-likeness (QED) is 0.453. The Kier molecular flexibility index (Phi) is 5.65. The molecule has 5 nitrogen and oxygen atoms in total. The highest BCUT2D eigenvalue weighted by Crippen LogP contribution is 2.12. The molecule has 0 saturated carbocycles. The summed E-state index contributed by atoms with van der Waals surface area (Å²) in [5.41, 5.74) is 0.470. The van der Waals surface area contributed by atoms with Crippen molar-refractivity contribution in [1.29, 1.82) is 5.26 Å². The molecule has 0 fully saturated rings. The molecule has 0 radical (unpaired) electrons. The van der Waals surface area contributed by atoms with E-state index in [2.05, 4.69) is 10.7 Å². The predicted octanol–water partition coefficient (Wildman–Crippen LogP) is 1.42. The molecule has 0 aliphatic carbocycles. The van der Waals surface area contributed by atoms with Crippen LogP contribution < -0.4 is 4.74 Å². The summed E-state index contributed by atoms with van der Waals surface area (Å²) in [6, 6.07) is 8.03. The Bertz CT molecular complexity index is 534. The van der Waals surface area contributed by atoms with Crippen LogP contribution in [-0.4, -0.2) is 18.5 Å². The lowest BCUT2D eigenvalue weighted by Crippen LogP contribution is -2.12. The molecule has 0 N–H and O–H groups in total. The number of rotatable bonds is 5. The molecule has 0 aromatic heterocycles. The maximum absolute atomic E-state index is 11.4. The number of carbonyl (C=O) groups excluding carboxylic acids is 2. The van der Waals surface area contributed by atoms with Gasteiger partial charge < -0.3 is 9.47 Å². The lowest BCUT2D eigenvalue weighted by atomic mass is 10.2. The van der Waals surface area contributed by atoms with Crippen molar-refractivity contribution in [3.8, 4) is 24.2 Å². The van der Waals surface area contributed by atoms with E-state index in [9.17, 15) is 9.59 Å². The van der Waals surface area contributed by atoms with Crippen LogP contribution in [0.2, 0.25) is 0 Å². The Morgan fingerprint density at radius 1 is 1.16 bits per heavy atom. The maximum atomic E-state index is 11.4. The molecule has 0 aliphatic rings. The van der Waals surface area contributed by atoms with Gasteiger partial charge in [0.1, 0.15) is 5.75 Å². The van der Waals surface area contributed by atoms with E-state index in [1.54, 1.807) is 0 Å². The molecular formula is C14H11NO4. The Balaban J connectivity index is 2.37. The van der Waals surface area contributed by atoms with Gasteiger partial charge in [0.2, 0.25) is 0 Å². The Hall–Kier alpha value is -2.79. The van der Waals surface area contributed by atoms with E-state index in [4.69, 9.17) is 16.4 Å². The fraction of sp³-hybridized carbons (Fsp3) is 0.214. The lowest BCUT2D eigenvalue weighted by Gasteiger charge is -2.04. The van der Waals surface area contributed by atoms with E-state index in [1.807, 2.05) is 6.07 Å². The largest absolute Gasteiger partial charge is 0.452 e. The highest BCUT2D eigenvalue weighted by molar-refractivity contribution is 5.79. The number of benzene rings is 1. The Labute approximate surface area is 110 Å². The van der Waals surface area contributed by atoms with Gasteiger partial charge in [-0.2, -0.15) is 5.26 Å². The van der Waals surface area contributed by atoms with Gasteiger partial charge in [0, 0.05) is 0 Å². The Morgan fingerprint density at radius 2 is 1.79 bits per heavy atom. The van der Waals surface area contributed by atoms with E-state index in [-0.39, 0.29) is 19.4 Å². The van der Waals surface area contributed by atoms with Crippen molar-refractivity contribution in [3.63, 3.8) is 0 Å². The number of hydrogen-bond acceptors (Lipinski definition) is 5. The third kappa shape index (κ3) is 5.38. The van der Waals surface area contributed by atoms with E-state index < -0.39 is 11.9 Å². The molecule has 1 aromatic carbocycles. The van der Waals surface area contributed by atoms with Crippen LogP contribution in [0.15, 0.2) is 24.3 Å². The van der Waals surface area contributed by atoms with Gasteiger partial charge in [0.15, 0.2) is 6.61 Å². The molecule has 19 heavy (non-hydrogen) atoms. The minimum atomic E-state index is -0.553. The van der Waals surface area contributed by atoms with Crippen LogP contribution in [0.1, 0.15) is 18.4 Å². The van der Waals surface area contributed by atoms with E-state index in [0.717, 1.165) is 0 Å².